The van der Waals surface area contributed by atoms with Crippen LogP contribution < -0.4 is 5.32 Å². The van der Waals surface area contributed by atoms with Crippen LogP contribution in [0.25, 0.3) is 0 Å². The molecule has 0 radical (unpaired) electrons. The van der Waals surface area contributed by atoms with Crippen molar-refractivity contribution in [1.82, 2.24) is 10.2 Å². The maximum absolute atomic E-state index is 13.2. The Hall–Kier alpha value is -3.67. The third kappa shape index (κ3) is 6.67. The molecule has 1 N–H and O–H groups in total. The molecule has 0 spiro atoms. The van der Waals surface area contributed by atoms with E-state index in [0.717, 1.165) is 19.3 Å². The van der Waals surface area contributed by atoms with Gasteiger partial charge in [-0.25, -0.2) is 4.79 Å². The first-order valence-corrected chi connectivity index (χ1v) is 11.7. The number of ether oxygens (including phenoxy) is 1. The van der Waals surface area contributed by atoms with Crippen LogP contribution >= 0.6 is 0 Å². The van der Waals surface area contributed by atoms with E-state index in [9.17, 15) is 19.7 Å². The summed E-state index contributed by atoms with van der Waals surface area (Å²) in [6, 6.07) is 7.90. The van der Waals surface area contributed by atoms with Gasteiger partial charge >= 0.3 is 5.97 Å². The van der Waals surface area contributed by atoms with Crippen molar-refractivity contribution in [2.45, 2.75) is 58.8 Å². The molecule has 0 saturated heterocycles. The second kappa shape index (κ2) is 13.1. The minimum atomic E-state index is -0.622. The number of unbranched alkanes of at least 4 members (excludes halogenated alkanes) is 2. The van der Waals surface area contributed by atoms with Crippen molar-refractivity contribution in [1.29, 1.82) is 5.26 Å². The number of carbonyl (C=O) groups excluding carboxylic acids is 2. The number of nitrogens with zero attached hydrogens (tertiary/aromatic N) is 3. The molecule has 182 valence electrons. The van der Waals surface area contributed by atoms with E-state index >= 15 is 0 Å². The van der Waals surface area contributed by atoms with Crippen molar-refractivity contribution < 1.29 is 19.2 Å². The summed E-state index contributed by atoms with van der Waals surface area (Å²) < 4.78 is 5.37. The van der Waals surface area contributed by atoms with Crippen LogP contribution in [0.1, 0.15) is 64.4 Å². The second-order valence-electron chi connectivity index (χ2n) is 7.90. The SMILES string of the molecule is CCCCCC1=C(C(=O)OCCC#N)C(c2ccc([N+](=O)[O-])cc2)C=C(C(=O)N(CC)CC)N1. The zero-order chi connectivity index (χ0) is 25.1. The van der Waals surface area contributed by atoms with Gasteiger partial charge in [0.25, 0.3) is 11.6 Å². The maximum atomic E-state index is 13.2. The number of benzene rings is 1. The number of nitriles is 1. The average Bonchev–Trinajstić information content (AvgIpc) is 2.84. The first-order chi connectivity index (χ1) is 16.4. The van der Waals surface area contributed by atoms with E-state index in [1.54, 1.807) is 23.1 Å². The van der Waals surface area contributed by atoms with Gasteiger partial charge in [-0.1, -0.05) is 31.9 Å². The van der Waals surface area contributed by atoms with E-state index in [4.69, 9.17) is 10.00 Å². The first-order valence-electron chi connectivity index (χ1n) is 11.7. The van der Waals surface area contributed by atoms with Crippen LogP contribution in [0.5, 0.6) is 0 Å². The van der Waals surface area contributed by atoms with Crippen LogP contribution in [0.3, 0.4) is 0 Å². The molecule has 1 amide bonds. The number of dihydropyridines is 1. The molecule has 0 bridgehead atoms. The van der Waals surface area contributed by atoms with Gasteiger partial charge in [0.15, 0.2) is 0 Å². The summed E-state index contributed by atoms with van der Waals surface area (Å²) in [5, 5.41) is 23.1. The molecule has 1 atom stereocenters. The molecule has 1 aliphatic heterocycles. The van der Waals surface area contributed by atoms with E-state index in [1.165, 1.54) is 12.1 Å². The fourth-order valence-corrected chi connectivity index (χ4v) is 3.85. The van der Waals surface area contributed by atoms with Gasteiger partial charge in [0.2, 0.25) is 0 Å². The average molecular weight is 469 g/mol. The molecule has 9 nitrogen and oxygen atoms in total. The molecule has 0 aliphatic carbocycles. The highest BCUT2D eigenvalue weighted by molar-refractivity contribution is 5.97. The standard InChI is InChI=1S/C25H32N4O5/c1-4-7-8-10-21-23(25(31)34-16-9-15-26)20(18-11-13-19(14-12-18)29(32)33)17-22(27-21)24(30)28(5-2)6-3/h11-14,17,20,27H,4-10,16H2,1-3H3. The van der Waals surface area contributed by atoms with Crippen LogP contribution in [0.15, 0.2) is 47.3 Å². The Kier molecular flexibility index (Phi) is 10.3. The molecular weight excluding hydrogens is 436 g/mol. The summed E-state index contributed by atoms with van der Waals surface area (Å²) in [5.41, 5.74) is 1.91. The first kappa shape index (κ1) is 26.6. The Morgan fingerprint density at radius 2 is 1.85 bits per heavy atom. The number of non-ortho nitro benzene ring substituents is 1. The minimum Gasteiger partial charge on any atom is -0.461 e. The summed E-state index contributed by atoms with van der Waals surface area (Å²) in [7, 11) is 0. The molecule has 1 aromatic rings. The quantitative estimate of drug-likeness (QED) is 0.209. The molecule has 1 heterocycles. The van der Waals surface area contributed by atoms with E-state index < -0.39 is 16.8 Å². The lowest BCUT2D eigenvalue weighted by Crippen LogP contribution is -2.39. The zero-order valence-corrected chi connectivity index (χ0v) is 20.0. The Bertz CT molecular complexity index is 988. The summed E-state index contributed by atoms with van der Waals surface area (Å²) in [6.45, 7) is 6.91. The minimum absolute atomic E-state index is 0.0387. The molecule has 1 unspecified atom stereocenters. The predicted molar refractivity (Wildman–Crippen MR) is 127 cm³/mol. The Balaban J connectivity index is 2.57. The molecule has 0 aromatic heterocycles. The van der Waals surface area contributed by atoms with Gasteiger partial charge in [-0.15, -0.1) is 0 Å². The molecule has 2 rings (SSSR count). The van der Waals surface area contributed by atoms with Crippen molar-refractivity contribution in [3.63, 3.8) is 0 Å². The van der Waals surface area contributed by atoms with Gasteiger partial charge < -0.3 is 15.0 Å². The third-order valence-corrected chi connectivity index (χ3v) is 5.70. The summed E-state index contributed by atoms with van der Waals surface area (Å²) in [4.78, 5) is 38.6. The smallest absolute Gasteiger partial charge is 0.336 e. The number of nitro groups is 1. The molecule has 34 heavy (non-hydrogen) atoms. The number of esters is 1. The fourth-order valence-electron chi connectivity index (χ4n) is 3.85. The summed E-state index contributed by atoms with van der Waals surface area (Å²) >= 11 is 0. The van der Waals surface area contributed by atoms with Gasteiger partial charge in [0.1, 0.15) is 12.3 Å². The topological polar surface area (TPSA) is 126 Å². The van der Waals surface area contributed by atoms with Crippen molar-refractivity contribution in [3.05, 3.63) is 63.0 Å². The van der Waals surface area contributed by atoms with Crippen LogP contribution in [0.4, 0.5) is 5.69 Å². The Morgan fingerprint density at radius 1 is 1.18 bits per heavy atom. The number of hydrogen-bond acceptors (Lipinski definition) is 7. The van der Waals surface area contributed by atoms with Gasteiger partial charge in [-0.05, 0) is 38.3 Å². The number of nitrogens with one attached hydrogen (secondary N) is 1. The largest absolute Gasteiger partial charge is 0.461 e. The van der Waals surface area contributed by atoms with E-state index in [1.807, 2.05) is 19.9 Å². The normalized spacial score (nSPS) is 15.1. The van der Waals surface area contributed by atoms with Crippen LogP contribution in [0.2, 0.25) is 0 Å². The van der Waals surface area contributed by atoms with Crippen molar-refractivity contribution >= 4 is 17.6 Å². The third-order valence-electron chi connectivity index (χ3n) is 5.70. The lowest BCUT2D eigenvalue weighted by molar-refractivity contribution is -0.384. The number of amides is 1. The van der Waals surface area contributed by atoms with Gasteiger partial charge in [0, 0.05) is 36.8 Å². The van der Waals surface area contributed by atoms with E-state index in [2.05, 4.69) is 12.2 Å². The highest BCUT2D eigenvalue weighted by atomic mass is 16.6. The van der Waals surface area contributed by atoms with E-state index in [0.29, 0.717) is 42.0 Å². The molecule has 1 aromatic carbocycles. The monoisotopic (exact) mass is 468 g/mol. The maximum Gasteiger partial charge on any atom is 0.336 e. The summed E-state index contributed by atoms with van der Waals surface area (Å²) in [6.07, 6.45) is 5.05. The molecule has 1 aliphatic rings. The molecule has 0 saturated carbocycles. The molecular formula is C25H32N4O5. The number of likely N-dealkylation sites (N-methyl/N-ethyl adjacent to an activating group) is 1. The van der Waals surface area contributed by atoms with Crippen molar-refractivity contribution in [2.24, 2.45) is 0 Å². The highest BCUT2D eigenvalue weighted by Crippen LogP contribution is 2.35. The van der Waals surface area contributed by atoms with E-state index in [-0.39, 0.29) is 24.6 Å². The number of nitro benzene ring substituents is 1. The van der Waals surface area contributed by atoms with Crippen molar-refractivity contribution in [2.75, 3.05) is 19.7 Å². The van der Waals surface area contributed by atoms with Gasteiger partial charge in [-0.3, -0.25) is 14.9 Å². The van der Waals surface area contributed by atoms with Gasteiger partial charge in [-0.2, -0.15) is 5.26 Å². The van der Waals surface area contributed by atoms with Gasteiger partial charge in [0.05, 0.1) is 23.0 Å². The fraction of sp³-hybridized carbons (Fsp3) is 0.480. The number of carbonyl (C=O) groups is 2. The second-order valence-corrected chi connectivity index (χ2v) is 7.90. The number of hydrogen-bond donors (Lipinski definition) is 1. The lowest BCUT2D eigenvalue weighted by Gasteiger charge is -2.30. The Morgan fingerprint density at radius 3 is 2.41 bits per heavy atom. The van der Waals surface area contributed by atoms with Crippen LogP contribution in [-0.2, 0) is 14.3 Å². The zero-order valence-electron chi connectivity index (χ0n) is 20.0. The predicted octanol–water partition coefficient (Wildman–Crippen LogP) is 4.33. The highest BCUT2D eigenvalue weighted by Gasteiger charge is 2.33. The summed E-state index contributed by atoms with van der Waals surface area (Å²) in [5.74, 6) is -1.37. The van der Waals surface area contributed by atoms with Crippen molar-refractivity contribution in [3.8, 4) is 6.07 Å². The number of rotatable bonds is 12. The molecule has 9 heteroatoms. The molecule has 0 fully saturated rings. The van der Waals surface area contributed by atoms with Crippen LogP contribution in [-0.4, -0.2) is 41.4 Å². The Labute approximate surface area is 200 Å². The van der Waals surface area contributed by atoms with Crippen LogP contribution in [0, 0.1) is 21.4 Å². The lowest BCUT2D eigenvalue weighted by atomic mass is 9.85. The number of allylic oxidation sites excluding steroid dienone is 2.